The van der Waals surface area contributed by atoms with Crippen molar-refractivity contribution in [3.63, 3.8) is 0 Å². The maximum Gasteiger partial charge on any atom is 0.0534 e. The quantitative estimate of drug-likeness (QED) is 0.842. The van der Waals surface area contributed by atoms with Crippen LogP contribution >= 0.6 is 0 Å². The summed E-state index contributed by atoms with van der Waals surface area (Å²) in [7, 11) is 0. The van der Waals surface area contributed by atoms with Crippen LogP contribution in [0.5, 0.6) is 0 Å². The molecule has 2 fully saturated rings. The Bertz CT molecular complexity index is 361. The predicted octanol–water partition coefficient (Wildman–Crippen LogP) is 0.944. The second-order valence-electron chi connectivity index (χ2n) is 5.48. The summed E-state index contributed by atoms with van der Waals surface area (Å²) in [6.45, 7) is 9.27. The van der Waals surface area contributed by atoms with Gasteiger partial charge in [-0.05, 0) is 31.3 Å². The molecule has 94 valence electrons. The van der Waals surface area contributed by atoms with E-state index in [1.807, 2.05) is 6.20 Å². The minimum absolute atomic E-state index is 0.890. The summed E-state index contributed by atoms with van der Waals surface area (Å²) in [6, 6.07) is 0. The zero-order chi connectivity index (χ0) is 11.7. The van der Waals surface area contributed by atoms with Crippen molar-refractivity contribution < 1.29 is 0 Å². The first-order valence-corrected chi connectivity index (χ1v) is 6.79. The second-order valence-corrected chi connectivity index (χ2v) is 5.48. The third kappa shape index (κ3) is 2.38. The van der Waals surface area contributed by atoms with Crippen LogP contribution in [-0.2, 0) is 13.1 Å². The van der Waals surface area contributed by atoms with Gasteiger partial charge in [-0.2, -0.15) is 5.10 Å². The molecule has 2 aliphatic rings. The van der Waals surface area contributed by atoms with E-state index < -0.39 is 0 Å². The van der Waals surface area contributed by atoms with Crippen molar-refractivity contribution in [2.75, 3.05) is 26.2 Å². The Morgan fingerprint density at radius 3 is 2.82 bits per heavy atom. The molecule has 0 unspecified atom stereocenters. The Kier molecular flexibility index (Phi) is 3.16. The fourth-order valence-electron chi connectivity index (χ4n) is 3.18. The van der Waals surface area contributed by atoms with Gasteiger partial charge in [0.25, 0.3) is 0 Å². The summed E-state index contributed by atoms with van der Waals surface area (Å²) in [4.78, 5) is 2.59. The molecule has 1 aromatic rings. The SMILES string of the molecule is CCCn1cc(CN2C[C@H]3CNC[C@H]3C2)cn1. The third-order valence-corrected chi connectivity index (χ3v) is 4.01. The molecule has 0 radical (unpaired) electrons. The number of nitrogens with one attached hydrogen (secondary N) is 1. The Morgan fingerprint density at radius 2 is 2.12 bits per heavy atom. The van der Waals surface area contributed by atoms with Crippen molar-refractivity contribution in [1.82, 2.24) is 20.0 Å². The van der Waals surface area contributed by atoms with Crippen LogP contribution in [0.1, 0.15) is 18.9 Å². The van der Waals surface area contributed by atoms with Gasteiger partial charge in [0.15, 0.2) is 0 Å². The van der Waals surface area contributed by atoms with E-state index in [9.17, 15) is 0 Å². The highest BCUT2D eigenvalue weighted by Gasteiger charge is 2.35. The van der Waals surface area contributed by atoms with Crippen LogP contribution in [0.4, 0.5) is 0 Å². The van der Waals surface area contributed by atoms with Crippen molar-refractivity contribution in [2.24, 2.45) is 11.8 Å². The first kappa shape index (κ1) is 11.2. The zero-order valence-corrected chi connectivity index (χ0v) is 10.6. The Morgan fingerprint density at radius 1 is 1.35 bits per heavy atom. The van der Waals surface area contributed by atoms with Gasteiger partial charge in [-0.15, -0.1) is 0 Å². The van der Waals surface area contributed by atoms with Crippen LogP contribution < -0.4 is 5.32 Å². The largest absolute Gasteiger partial charge is 0.316 e. The fourth-order valence-corrected chi connectivity index (χ4v) is 3.18. The third-order valence-electron chi connectivity index (χ3n) is 4.01. The summed E-state index contributed by atoms with van der Waals surface area (Å²) in [5, 5.41) is 7.88. The number of aryl methyl sites for hydroxylation is 1. The minimum Gasteiger partial charge on any atom is -0.316 e. The molecular formula is C13H22N4. The first-order chi connectivity index (χ1) is 8.35. The molecule has 0 aromatic carbocycles. The molecule has 2 aliphatic heterocycles. The number of nitrogens with zero attached hydrogens (tertiary/aromatic N) is 3. The highest BCUT2D eigenvalue weighted by Crippen LogP contribution is 2.27. The van der Waals surface area contributed by atoms with Gasteiger partial charge in [0.2, 0.25) is 0 Å². The van der Waals surface area contributed by atoms with Gasteiger partial charge in [-0.3, -0.25) is 9.58 Å². The molecule has 1 N–H and O–H groups in total. The molecule has 0 aliphatic carbocycles. The van der Waals surface area contributed by atoms with E-state index in [1.54, 1.807) is 0 Å². The van der Waals surface area contributed by atoms with Crippen molar-refractivity contribution >= 4 is 0 Å². The lowest BCUT2D eigenvalue weighted by Crippen LogP contribution is -2.25. The number of likely N-dealkylation sites (tertiary alicyclic amines) is 1. The molecule has 4 nitrogen and oxygen atoms in total. The number of hydrogen-bond donors (Lipinski definition) is 1. The molecule has 17 heavy (non-hydrogen) atoms. The topological polar surface area (TPSA) is 33.1 Å². The summed E-state index contributed by atoms with van der Waals surface area (Å²) in [6.07, 6.45) is 5.39. The van der Waals surface area contributed by atoms with E-state index in [2.05, 4.69) is 33.1 Å². The number of aromatic nitrogens is 2. The maximum absolute atomic E-state index is 4.40. The van der Waals surface area contributed by atoms with E-state index in [0.717, 1.165) is 31.3 Å². The second kappa shape index (κ2) is 4.78. The van der Waals surface area contributed by atoms with Gasteiger partial charge in [0.05, 0.1) is 6.20 Å². The summed E-state index contributed by atoms with van der Waals surface area (Å²) < 4.78 is 2.06. The van der Waals surface area contributed by atoms with Crippen LogP contribution in [0.2, 0.25) is 0 Å². The van der Waals surface area contributed by atoms with Gasteiger partial charge < -0.3 is 5.32 Å². The average molecular weight is 234 g/mol. The number of rotatable bonds is 4. The normalized spacial score (nSPS) is 28.8. The van der Waals surface area contributed by atoms with Crippen LogP contribution in [0, 0.1) is 11.8 Å². The monoisotopic (exact) mass is 234 g/mol. The van der Waals surface area contributed by atoms with E-state index in [-0.39, 0.29) is 0 Å². The predicted molar refractivity (Wildman–Crippen MR) is 67.6 cm³/mol. The van der Waals surface area contributed by atoms with Crippen molar-refractivity contribution in [2.45, 2.75) is 26.4 Å². The smallest absolute Gasteiger partial charge is 0.0534 e. The van der Waals surface area contributed by atoms with E-state index in [1.165, 1.54) is 31.7 Å². The molecule has 0 saturated carbocycles. The summed E-state index contributed by atoms with van der Waals surface area (Å²) >= 11 is 0. The standard InChI is InChI=1S/C13H22N4/c1-2-3-17-8-11(4-15-17)7-16-9-12-5-14-6-13(12)10-16/h4,8,12-14H,2-3,5-7,9-10H2,1H3/t12-,13+. The van der Waals surface area contributed by atoms with Crippen LogP contribution in [0.3, 0.4) is 0 Å². The zero-order valence-electron chi connectivity index (χ0n) is 10.6. The van der Waals surface area contributed by atoms with Crippen molar-refractivity contribution in [1.29, 1.82) is 0 Å². The molecule has 2 atom stereocenters. The molecule has 3 heterocycles. The Hall–Kier alpha value is -0.870. The Labute approximate surface area is 103 Å². The molecule has 3 rings (SSSR count). The lowest BCUT2D eigenvalue weighted by molar-refractivity contribution is 0.305. The summed E-state index contributed by atoms with van der Waals surface area (Å²) in [5.74, 6) is 1.78. The van der Waals surface area contributed by atoms with Crippen molar-refractivity contribution in [3.8, 4) is 0 Å². The lowest BCUT2D eigenvalue weighted by atomic mass is 10.0. The first-order valence-electron chi connectivity index (χ1n) is 6.79. The lowest BCUT2D eigenvalue weighted by Gasteiger charge is -2.15. The maximum atomic E-state index is 4.40. The fraction of sp³-hybridized carbons (Fsp3) is 0.769. The van der Waals surface area contributed by atoms with Crippen LogP contribution in [0.25, 0.3) is 0 Å². The molecule has 1 aromatic heterocycles. The Balaban J connectivity index is 1.56. The molecule has 0 bridgehead atoms. The van der Waals surface area contributed by atoms with E-state index in [4.69, 9.17) is 0 Å². The molecule has 4 heteroatoms. The summed E-state index contributed by atoms with van der Waals surface area (Å²) in [5.41, 5.74) is 1.37. The van der Waals surface area contributed by atoms with Gasteiger partial charge in [0, 0.05) is 37.9 Å². The van der Waals surface area contributed by atoms with E-state index in [0.29, 0.717) is 0 Å². The molecular weight excluding hydrogens is 212 g/mol. The highest BCUT2D eigenvalue weighted by atomic mass is 15.3. The molecule has 0 amide bonds. The van der Waals surface area contributed by atoms with E-state index >= 15 is 0 Å². The van der Waals surface area contributed by atoms with Gasteiger partial charge >= 0.3 is 0 Å². The highest BCUT2D eigenvalue weighted by molar-refractivity contribution is 5.05. The van der Waals surface area contributed by atoms with Crippen LogP contribution in [0.15, 0.2) is 12.4 Å². The number of fused-ring (bicyclic) bond motifs is 1. The van der Waals surface area contributed by atoms with Gasteiger partial charge in [-0.25, -0.2) is 0 Å². The molecule has 2 saturated heterocycles. The number of hydrogen-bond acceptors (Lipinski definition) is 3. The molecule has 0 spiro atoms. The average Bonchev–Trinajstić information content (AvgIpc) is 2.95. The van der Waals surface area contributed by atoms with Gasteiger partial charge in [-0.1, -0.05) is 6.92 Å². The van der Waals surface area contributed by atoms with Crippen molar-refractivity contribution in [3.05, 3.63) is 18.0 Å². The minimum atomic E-state index is 0.890. The van der Waals surface area contributed by atoms with Crippen LogP contribution in [-0.4, -0.2) is 40.9 Å². The van der Waals surface area contributed by atoms with Gasteiger partial charge in [0.1, 0.15) is 0 Å².